The van der Waals surface area contributed by atoms with E-state index in [0.717, 1.165) is 12.0 Å². The van der Waals surface area contributed by atoms with Crippen molar-refractivity contribution in [1.29, 1.82) is 0 Å². The molecular weight excluding hydrogens is 262 g/mol. The van der Waals surface area contributed by atoms with E-state index in [9.17, 15) is 9.90 Å². The van der Waals surface area contributed by atoms with Crippen molar-refractivity contribution in [1.82, 2.24) is 5.32 Å². The molecule has 0 bridgehead atoms. The van der Waals surface area contributed by atoms with E-state index in [1.165, 1.54) is 32.1 Å². The van der Waals surface area contributed by atoms with Gasteiger partial charge in [0.1, 0.15) is 0 Å². The molecule has 1 aromatic rings. The van der Waals surface area contributed by atoms with Crippen LogP contribution in [0.5, 0.6) is 0 Å². The molecule has 0 saturated heterocycles. The Hall–Kier alpha value is -1.35. The lowest BCUT2D eigenvalue weighted by molar-refractivity contribution is -0.123. The van der Waals surface area contributed by atoms with E-state index in [-0.39, 0.29) is 12.5 Å². The van der Waals surface area contributed by atoms with Crippen LogP contribution in [0.4, 0.5) is 0 Å². The fraction of sp³-hybridized carbons (Fsp3) is 0.611. The lowest BCUT2D eigenvalue weighted by Crippen LogP contribution is -2.46. The normalized spacial score (nSPS) is 19.0. The Morgan fingerprint density at radius 3 is 2.52 bits per heavy atom. The number of carbonyl (C=O) groups excluding carboxylic acids is 1. The van der Waals surface area contributed by atoms with Gasteiger partial charge in [-0.25, -0.2) is 0 Å². The fourth-order valence-electron chi connectivity index (χ4n) is 3.19. The van der Waals surface area contributed by atoms with Gasteiger partial charge in [-0.05, 0) is 24.8 Å². The Bertz CT molecular complexity index is 440. The third kappa shape index (κ3) is 4.57. The van der Waals surface area contributed by atoms with Gasteiger partial charge in [0.2, 0.25) is 5.91 Å². The summed E-state index contributed by atoms with van der Waals surface area (Å²) in [6.45, 7) is 1.78. The molecule has 1 saturated carbocycles. The summed E-state index contributed by atoms with van der Waals surface area (Å²) >= 11 is 0. The molecule has 0 aliphatic heterocycles. The molecule has 21 heavy (non-hydrogen) atoms. The zero-order chi connectivity index (χ0) is 15.1. The molecular formula is C18H27NO2. The predicted octanol–water partition coefficient (Wildman–Crippen LogP) is 3.37. The number of hydrogen-bond donors (Lipinski definition) is 2. The third-order valence-corrected chi connectivity index (χ3v) is 4.65. The van der Waals surface area contributed by atoms with Gasteiger partial charge in [0.15, 0.2) is 0 Å². The molecule has 0 aromatic heterocycles. The van der Waals surface area contributed by atoms with E-state index < -0.39 is 5.54 Å². The van der Waals surface area contributed by atoms with E-state index in [2.05, 4.69) is 5.32 Å². The Labute approximate surface area is 127 Å². The second-order valence-corrected chi connectivity index (χ2v) is 6.45. The standard InChI is InChI=1S/C18H27NO2/c1-18(14-20,16-10-6-3-7-11-16)19-17(21)13-12-15-8-4-2-5-9-15/h3,6-7,10-11,15,20H,2,4-5,8-9,12-14H2,1H3,(H,19,21). The van der Waals surface area contributed by atoms with Crippen LogP contribution in [0.2, 0.25) is 0 Å². The maximum absolute atomic E-state index is 12.2. The van der Waals surface area contributed by atoms with Gasteiger partial charge in [0, 0.05) is 6.42 Å². The molecule has 1 unspecified atom stereocenters. The van der Waals surface area contributed by atoms with E-state index in [1.807, 2.05) is 37.3 Å². The van der Waals surface area contributed by atoms with Gasteiger partial charge in [0.05, 0.1) is 12.1 Å². The minimum Gasteiger partial charge on any atom is -0.394 e. The summed E-state index contributed by atoms with van der Waals surface area (Å²) in [5.41, 5.74) is 0.253. The summed E-state index contributed by atoms with van der Waals surface area (Å²) in [6, 6.07) is 9.68. The van der Waals surface area contributed by atoms with Gasteiger partial charge in [-0.15, -0.1) is 0 Å². The van der Waals surface area contributed by atoms with Gasteiger partial charge in [-0.2, -0.15) is 0 Å². The molecule has 1 aliphatic carbocycles. The van der Waals surface area contributed by atoms with Gasteiger partial charge in [-0.3, -0.25) is 4.79 Å². The topological polar surface area (TPSA) is 49.3 Å². The summed E-state index contributed by atoms with van der Waals surface area (Å²) in [6.07, 6.45) is 8.04. The number of carbonyl (C=O) groups is 1. The van der Waals surface area contributed by atoms with Crippen LogP contribution in [0.1, 0.15) is 57.4 Å². The van der Waals surface area contributed by atoms with Crippen molar-refractivity contribution in [2.45, 2.75) is 57.4 Å². The van der Waals surface area contributed by atoms with Crippen LogP contribution >= 0.6 is 0 Å². The fourth-order valence-corrected chi connectivity index (χ4v) is 3.19. The molecule has 1 atom stereocenters. The highest BCUT2D eigenvalue weighted by Crippen LogP contribution is 2.27. The molecule has 1 aromatic carbocycles. The number of amides is 1. The van der Waals surface area contributed by atoms with Crippen LogP contribution in [0.15, 0.2) is 30.3 Å². The summed E-state index contributed by atoms with van der Waals surface area (Å²) < 4.78 is 0. The van der Waals surface area contributed by atoms with Crippen molar-refractivity contribution in [3.8, 4) is 0 Å². The van der Waals surface area contributed by atoms with Crippen molar-refractivity contribution in [2.75, 3.05) is 6.61 Å². The quantitative estimate of drug-likeness (QED) is 0.843. The number of aliphatic hydroxyl groups is 1. The highest BCUT2D eigenvalue weighted by Gasteiger charge is 2.27. The number of nitrogens with one attached hydrogen (secondary N) is 1. The highest BCUT2D eigenvalue weighted by atomic mass is 16.3. The number of hydrogen-bond acceptors (Lipinski definition) is 2. The Balaban J connectivity index is 1.87. The molecule has 3 nitrogen and oxygen atoms in total. The van der Waals surface area contributed by atoms with Crippen molar-refractivity contribution < 1.29 is 9.90 Å². The van der Waals surface area contributed by atoms with Crippen LogP contribution in [0, 0.1) is 5.92 Å². The summed E-state index contributed by atoms with van der Waals surface area (Å²) in [5, 5.41) is 12.7. The highest BCUT2D eigenvalue weighted by molar-refractivity contribution is 5.77. The van der Waals surface area contributed by atoms with Crippen molar-refractivity contribution >= 4 is 5.91 Å². The van der Waals surface area contributed by atoms with Crippen molar-refractivity contribution in [2.24, 2.45) is 5.92 Å². The summed E-state index contributed by atoms with van der Waals surface area (Å²) in [7, 11) is 0. The van der Waals surface area contributed by atoms with E-state index in [1.54, 1.807) is 0 Å². The number of rotatable bonds is 6. The van der Waals surface area contributed by atoms with Crippen molar-refractivity contribution in [3.05, 3.63) is 35.9 Å². The SMILES string of the molecule is CC(CO)(NC(=O)CCC1CCCCC1)c1ccccc1. The van der Waals surface area contributed by atoms with Gasteiger partial charge >= 0.3 is 0 Å². The monoisotopic (exact) mass is 289 g/mol. The molecule has 0 radical (unpaired) electrons. The average molecular weight is 289 g/mol. The Morgan fingerprint density at radius 2 is 1.90 bits per heavy atom. The zero-order valence-corrected chi connectivity index (χ0v) is 13.0. The van der Waals surface area contributed by atoms with Crippen LogP contribution in [-0.2, 0) is 10.3 Å². The van der Waals surface area contributed by atoms with E-state index in [0.29, 0.717) is 12.3 Å². The molecule has 116 valence electrons. The maximum Gasteiger partial charge on any atom is 0.220 e. The van der Waals surface area contributed by atoms with Crippen LogP contribution in [0.25, 0.3) is 0 Å². The zero-order valence-electron chi connectivity index (χ0n) is 13.0. The van der Waals surface area contributed by atoms with Crippen LogP contribution in [0.3, 0.4) is 0 Å². The lowest BCUT2D eigenvalue weighted by Gasteiger charge is -2.30. The minimum absolute atomic E-state index is 0.0426. The molecule has 3 heteroatoms. The molecule has 0 spiro atoms. The van der Waals surface area contributed by atoms with Gasteiger partial charge in [0.25, 0.3) is 0 Å². The smallest absolute Gasteiger partial charge is 0.220 e. The first kappa shape index (κ1) is 16.0. The Morgan fingerprint density at radius 1 is 1.24 bits per heavy atom. The third-order valence-electron chi connectivity index (χ3n) is 4.65. The first-order chi connectivity index (χ1) is 10.1. The van der Waals surface area contributed by atoms with Crippen molar-refractivity contribution in [3.63, 3.8) is 0 Å². The summed E-state index contributed by atoms with van der Waals surface area (Å²) in [4.78, 5) is 12.2. The van der Waals surface area contributed by atoms with Crippen LogP contribution < -0.4 is 5.32 Å². The number of aliphatic hydroxyl groups excluding tert-OH is 1. The first-order valence-electron chi connectivity index (χ1n) is 8.11. The van der Waals surface area contributed by atoms with Crippen LogP contribution in [-0.4, -0.2) is 17.6 Å². The molecule has 1 amide bonds. The first-order valence-corrected chi connectivity index (χ1v) is 8.11. The minimum atomic E-state index is -0.690. The molecule has 0 heterocycles. The molecule has 2 N–H and O–H groups in total. The largest absolute Gasteiger partial charge is 0.394 e. The predicted molar refractivity (Wildman–Crippen MR) is 84.8 cm³/mol. The number of benzene rings is 1. The molecule has 2 rings (SSSR count). The second kappa shape index (κ2) is 7.60. The molecule has 1 fully saturated rings. The lowest BCUT2D eigenvalue weighted by atomic mass is 9.86. The average Bonchev–Trinajstić information content (AvgIpc) is 2.54. The van der Waals surface area contributed by atoms with Gasteiger partial charge < -0.3 is 10.4 Å². The second-order valence-electron chi connectivity index (χ2n) is 6.45. The van der Waals surface area contributed by atoms with E-state index >= 15 is 0 Å². The molecule has 1 aliphatic rings. The maximum atomic E-state index is 12.2. The summed E-state index contributed by atoms with van der Waals surface area (Å²) in [5.74, 6) is 0.752. The van der Waals surface area contributed by atoms with E-state index in [4.69, 9.17) is 0 Å². The Kier molecular flexibility index (Phi) is 5.80. The van der Waals surface area contributed by atoms with Gasteiger partial charge in [-0.1, -0.05) is 62.4 Å².